The molecular formula is C11H19NO2S. The van der Waals surface area contributed by atoms with Crippen LogP contribution in [0.5, 0.6) is 0 Å². The lowest BCUT2D eigenvalue weighted by Crippen LogP contribution is -2.45. The Bertz CT molecular complexity index is 265. The molecule has 0 amide bonds. The zero-order valence-electron chi connectivity index (χ0n) is 9.56. The fourth-order valence-corrected chi connectivity index (χ4v) is 2.96. The van der Waals surface area contributed by atoms with E-state index >= 15 is 0 Å². The molecule has 2 unspecified atom stereocenters. The molecule has 1 fully saturated rings. The van der Waals surface area contributed by atoms with Crippen LogP contribution < -0.4 is 0 Å². The van der Waals surface area contributed by atoms with Gasteiger partial charge < -0.3 is 5.11 Å². The van der Waals surface area contributed by atoms with E-state index in [-0.39, 0.29) is 0 Å². The number of carboxylic acid groups (broad SMARTS) is 1. The highest BCUT2D eigenvalue weighted by Crippen LogP contribution is 2.24. The molecule has 0 aliphatic carbocycles. The van der Waals surface area contributed by atoms with Gasteiger partial charge in [-0.15, -0.1) is 0 Å². The monoisotopic (exact) mass is 229 g/mol. The van der Waals surface area contributed by atoms with Crippen molar-refractivity contribution >= 4 is 17.7 Å². The second-order valence-corrected chi connectivity index (χ2v) is 5.60. The second-order valence-electron chi connectivity index (χ2n) is 4.12. The molecule has 0 aromatic carbocycles. The zero-order chi connectivity index (χ0) is 11.4. The molecule has 1 saturated heterocycles. The summed E-state index contributed by atoms with van der Waals surface area (Å²) in [5.41, 5.74) is 0.924. The number of nitrogens with zero attached hydrogens (tertiary/aromatic N) is 1. The van der Waals surface area contributed by atoms with Crippen molar-refractivity contribution in [3.05, 3.63) is 11.6 Å². The first-order chi connectivity index (χ1) is 7.00. The van der Waals surface area contributed by atoms with Gasteiger partial charge in [-0.25, -0.2) is 4.79 Å². The Morgan fingerprint density at radius 3 is 2.87 bits per heavy atom. The first-order valence-corrected chi connectivity index (χ1v) is 6.31. The van der Waals surface area contributed by atoms with Gasteiger partial charge in [0.25, 0.3) is 0 Å². The molecule has 1 aliphatic rings. The van der Waals surface area contributed by atoms with E-state index in [4.69, 9.17) is 5.11 Å². The standard InChI is InChI=1S/C11H19NO2S/c1-8(6-11(13)14)7-12-4-5-15-10(3)9(12)2/h6,9-10H,4-5,7H2,1-3H3,(H,13,14). The maximum atomic E-state index is 10.5. The summed E-state index contributed by atoms with van der Waals surface area (Å²) in [7, 11) is 0. The molecule has 1 aliphatic heterocycles. The van der Waals surface area contributed by atoms with Crippen LogP contribution in [0.25, 0.3) is 0 Å². The molecule has 4 heteroatoms. The van der Waals surface area contributed by atoms with Gasteiger partial charge in [-0.3, -0.25) is 4.90 Å². The highest BCUT2D eigenvalue weighted by molar-refractivity contribution is 8.00. The molecule has 15 heavy (non-hydrogen) atoms. The van der Waals surface area contributed by atoms with Crippen molar-refractivity contribution < 1.29 is 9.90 Å². The molecule has 1 rings (SSSR count). The maximum Gasteiger partial charge on any atom is 0.328 e. The van der Waals surface area contributed by atoms with Crippen LogP contribution in [0.2, 0.25) is 0 Å². The Balaban J connectivity index is 2.53. The number of hydrogen-bond acceptors (Lipinski definition) is 3. The predicted octanol–water partition coefficient (Wildman–Crippen LogP) is 1.84. The van der Waals surface area contributed by atoms with Crippen molar-refractivity contribution in [2.75, 3.05) is 18.8 Å². The van der Waals surface area contributed by atoms with Crippen LogP contribution in [0.15, 0.2) is 11.6 Å². The average Bonchev–Trinajstić information content (AvgIpc) is 2.11. The minimum Gasteiger partial charge on any atom is -0.478 e. The summed E-state index contributed by atoms with van der Waals surface area (Å²) in [6.07, 6.45) is 1.30. The Kier molecular flexibility index (Phi) is 4.67. The molecule has 0 bridgehead atoms. The quantitative estimate of drug-likeness (QED) is 0.750. The van der Waals surface area contributed by atoms with Crippen LogP contribution in [0.3, 0.4) is 0 Å². The fourth-order valence-electron chi connectivity index (χ4n) is 1.80. The first kappa shape index (κ1) is 12.6. The van der Waals surface area contributed by atoms with Gasteiger partial charge in [0.1, 0.15) is 0 Å². The van der Waals surface area contributed by atoms with Gasteiger partial charge in [-0.05, 0) is 13.8 Å². The number of aliphatic carboxylic acids is 1. The number of hydrogen-bond donors (Lipinski definition) is 1. The first-order valence-electron chi connectivity index (χ1n) is 5.26. The lowest BCUT2D eigenvalue weighted by Gasteiger charge is -2.37. The van der Waals surface area contributed by atoms with Gasteiger partial charge >= 0.3 is 5.97 Å². The van der Waals surface area contributed by atoms with E-state index in [9.17, 15) is 4.79 Å². The molecule has 0 spiro atoms. The molecule has 2 atom stereocenters. The third-order valence-electron chi connectivity index (χ3n) is 2.84. The zero-order valence-corrected chi connectivity index (χ0v) is 10.4. The van der Waals surface area contributed by atoms with E-state index < -0.39 is 5.97 Å². The smallest absolute Gasteiger partial charge is 0.328 e. The fraction of sp³-hybridized carbons (Fsp3) is 0.727. The molecule has 1 N–H and O–H groups in total. The van der Waals surface area contributed by atoms with E-state index in [0.29, 0.717) is 11.3 Å². The van der Waals surface area contributed by atoms with Gasteiger partial charge in [0, 0.05) is 36.2 Å². The number of rotatable bonds is 3. The molecule has 3 nitrogen and oxygen atoms in total. The Morgan fingerprint density at radius 1 is 1.60 bits per heavy atom. The summed E-state index contributed by atoms with van der Waals surface area (Å²) < 4.78 is 0. The van der Waals surface area contributed by atoms with Crippen molar-refractivity contribution in [2.45, 2.75) is 32.1 Å². The summed E-state index contributed by atoms with van der Waals surface area (Å²) in [6, 6.07) is 0.529. The normalized spacial score (nSPS) is 29.1. The van der Waals surface area contributed by atoms with Crippen molar-refractivity contribution in [3.8, 4) is 0 Å². The highest BCUT2D eigenvalue weighted by Gasteiger charge is 2.24. The lowest BCUT2D eigenvalue weighted by atomic mass is 10.1. The van der Waals surface area contributed by atoms with E-state index in [2.05, 4.69) is 18.7 Å². The molecule has 86 valence electrons. The number of thioether (sulfide) groups is 1. The number of carbonyl (C=O) groups is 1. The summed E-state index contributed by atoms with van der Waals surface area (Å²) in [6.45, 7) is 8.16. The van der Waals surface area contributed by atoms with Crippen molar-refractivity contribution in [2.24, 2.45) is 0 Å². The van der Waals surface area contributed by atoms with Crippen LogP contribution in [0, 0.1) is 0 Å². The van der Waals surface area contributed by atoms with E-state index in [1.807, 2.05) is 18.7 Å². The van der Waals surface area contributed by atoms with Crippen LogP contribution in [-0.2, 0) is 4.79 Å². The summed E-state index contributed by atoms with van der Waals surface area (Å²) in [4.78, 5) is 12.9. The van der Waals surface area contributed by atoms with Gasteiger partial charge in [-0.2, -0.15) is 11.8 Å². The van der Waals surface area contributed by atoms with Crippen molar-refractivity contribution in [3.63, 3.8) is 0 Å². The highest BCUT2D eigenvalue weighted by atomic mass is 32.2. The van der Waals surface area contributed by atoms with Gasteiger partial charge in [-0.1, -0.05) is 12.5 Å². The maximum absolute atomic E-state index is 10.5. The Labute approximate surface area is 95.5 Å². The van der Waals surface area contributed by atoms with Crippen LogP contribution >= 0.6 is 11.8 Å². The Morgan fingerprint density at radius 2 is 2.27 bits per heavy atom. The van der Waals surface area contributed by atoms with Gasteiger partial charge in [0.15, 0.2) is 0 Å². The van der Waals surface area contributed by atoms with E-state index in [0.717, 1.165) is 24.4 Å². The minimum absolute atomic E-state index is 0.529. The van der Waals surface area contributed by atoms with Crippen molar-refractivity contribution in [1.82, 2.24) is 4.90 Å². The van der Waals surface area contributed by atoms with Gasteiger partial charge in [0.2, 0.25) is 0 Å². The summed E-state index contributed by atoms with van der Waals surface area (Å²) >= 11 is 1.99. The Hall–Kier alpha value is -0.480. The van der Waals surface area contributed by atoms with E-state index in [1.54, 1.807) is 0 Å². The molecule has 1 heterocycles. The predicted molar refractivity (Wildman–Crippen MR) is 64.3 cm³/mol. The molecular weight excluding hydrogens is 210 g/mol. The molecule has 0 radical (unpaired) electrons. The largest absolute Gasteiger partial charge is 0.478 e. The minimum atomic E-state index is -0.848. The molecule has 0 aromatic rings. The molecule has 0 aromatic heterocycles. The summed E-state index contributed by atoms with van der Waals surface area (Å²) in [5, 5.41) is 9.27. The van der Waals surface area contributed by atoms with Crippen LogP contribution in [-0.4, -0.2) is 46.1 Å². The van der Waals surface area contributed by atoms with Gasteiger partial charge in [0.05, 0.1) is 0 Å². The topological polar surface area (TPSA) is 40.5 Å². The number of carboxylic acids is 1. The van der Waals surface area contributed by atoms with Crippen molar-refractivity contribution in [1.29, 1.82) is 0 Å². The third kappa shape index (κ3) is 3.87. The summed E-state index contributed by atoms with van der Waals surface area (Å²) in [5.74, 6) is 0.297. The molecule has 0 saturated carbocycles. The third-order valence-corrected chi connectivity index (χ3v) is 4.17. The average molecular weight is 229 g/mol. The SMILES string of the molecule is CC(=CC(=O)O)CN1CCSC(C)C1C. The lowest BCUT2D eigenvalue weighted by molar-refractivity contribution is -0.131. The second kappa shape index (κ2) is 5.56. The van der Waals surface area contributed by atoms with Crippen LogP contribution in [0.4, 0.5) is 0 Å². The van der Waals surface area contributed by atoms with Crippen LogP contribution in [0.1, 0.15) is 20.8 Å². The van der Waals surface area contributed by atoms with E-state index in [1.165, 1.54) is 6.08 Å².